The van der Waals surface area contributed by atoms with Gasteiger partial charge in [-0.15, -0.1) is 0 Å². The van der Waals surface area contributed by atoms with Crippen molar-refractivity contribution in [2.75, 3.05) is 19.8 Å². The van der Waals surface area contributed by atoms with Crippen molar-refractivity contribution in [2.45, 2.75) is 12.2 Å². The van der Waals surface area contributed by atoms with Crippen LogP contribution < -0.4 is 0 Å². The molecular formula is C8H10O3. The van der Waals surface area contributed by atoms with Crippen LogP contribution in [-0.2, 0) is 9.47 Å². The highest BCUT2D eigenvalue weighted by Crippen LogP contribution is 2.66. The third-order valence-corrected chi connectivity index (χ3v) is 3.03. The van der Waals surface area contributed by atoms with Crippen molar-refractivity contribution in [2.24, 2.45) is 5.41 Å². The molecule has 0 bridgehead atoms. The maximum Gasteiger partial charge on any atom is 0.0954 e. The summed E-state index contributed by atoms with van der Waals surface area (Å²) in [7, 11) is 0. The molecule has 3 nitrogen and oxygen atoms in total. The average molecular weight is 154 g/mol. The molecule has 3 atom stereocenters. The van der Waals surface area contributed by atoms with Crippen molar-refractivity contribution in [1.82, 2.24) is 0 Å². The Labute approximate surface area is 64.6 Å². The van der Waals surface area contributed by atoms with E-state index in [1.807, 2.05) is 0 Å². The minimum atomic E-state index is 0.00116. The Bertz CT molecular complexity index is 235. The van der Waals surface area contributed by atoms with Crippen LogP contribution in [0, 0.1) is 5.41 Å². The maximum atomic E-state index is 9.00. The zero-order valence-electron chi connectivity index (χ0n) is 6.12. The van der Waals surface area contributed by atoms with E-state index in [4.69, 9.17) is 14.6 Å². The van der Waals surface area contributed by atoms with Gasteiger partial charge in [0.1, 0.15) is 0 Å². The van der Waals surface area contributed by atoms with Gasteiger partial charge in [-0.2, -0.15) is 0 Å². The summed E-state index contributed by atoms with van der Waals surface area (Å²) >= 11 is 0. The van der Waals surface area contributed by atoms with E-state index in [1.54, 1.807) is 0 Å². The quantitative estimate of drug-likeness (QED) is 0.527. The standard InChI is InChI=1S/C8H10O3/c9-3-6-8-4-11-7(8)5(8)1-2-10-6/h1,6-7,9H,2-4H2/t6?,7?,8-/m0/s1. The SMILES string of the molecule is OCC1OCC=C2C3OC[C@]213. The molecule has 2 fully saturated rings. The third-order valence-electron chi connectivity index (χ3n) is 3.03. The van der Waals surface area contributed by atoms with Gasteiger partial charge >= 0.3 is 0 Å². The van der Waals surface area contributed by atoms with E-state index < -0.39 is 0 Å². The predicted molar refractivity (Wildman–Crippen MR) is 37.1 cm³/mol. The van der Waals surface area contributed by atoms with E-state index in [2.05, 4.69) is 6.08 Å². The first-order valence-electron chi connectivity index (χ1n) is 3.94. The Balaban J connectivity index is 1.96. The molecule has 0 aromatic heterocycles. The molecule has 0 aromatic carbocycles. The first-order valence-corrected chi connectivity index (χ1v) is 3.94. The number of hydrogen-bond donors (Lipinski definition) is 1. The van der Waals surface area contributed by atoms with Crippen LogP contribution >= 0.6 is 0 Å². The summed E-state index contributed by atoms with van der Waals surface area (Å²) in [5, 5.41) is 9.00. The molecule has 3 heteroatoms. The van der Waals surface area contributed by atoms with Crippen LogP contribution in [0.5, 0.6) is 0 Å². The number of ether oxygens (including phenoxy) is 2. The number of aliphatic hydroxyl groups excluding tert-OH is 1. The molecule has 1 saturated carbocycles. The van der Waals surface area contributed by atoms with Gasteiger partial charge in [0.2, 0.25) is 0 Å². The Morgan fingerprint density at radius 1 is 1.64 bits per heavy atom. The third kappa shape index (κ3) is 0.494. The summed E-state index contributed by atoms with van der Waals surface area (Å²) < 4.78 is 10.7. The van der Waals surface area contributed by atoms with Gasteiger partial charge < -0.3 is 14.6 Å². The van der Waals surface area contributed by atoms with E-state index in [0.717, 1.165) is 6.61 Å². The Morgan fingerprint density at radius 3 is 3.09 bits per heavy atom. The molecule has 60 valence electrons. The number of rotatable bonds is 1. The van der Waals surface area contributed by atoms with Gasteiger partial charge in [0.15, 0.2) is 0 Å². The highest BCUT2D eigenvalue weighted by atomic mass is 16.6. The van der Waals surface area contributed by atoms with Gasteiger partial charge in [-0.05, 0) is 5.57 Å². The molecule has 0 radical (unpaired) electrons. The first-order chi connectivity index (χ1) is 5.39. The van der Waals surface area contributed by atoms with Crippen LogP contribution in [0.15, 0.2) is 11.6 Å². The second-order valence-corrected chi connectivity index (χ2v) is 3.40. The molecule has 0 amide bonds. The fraction of sp³-hybridized carbons (Fsp3) is 0.750. The molecule has 1 saturated heterocycles. The summed E-state index contributed by atoms with van der Waals surface area (Å²) in [6.45, 7) is 1.51. The summed E-state index contributed by atoms with van der Waals surface area (Å²) in [6, 6.07) is 0. The van der Waals surface area contributed by atoms with E-state index >= 15 is 0 Å². The van der Waals surface area contributed by atoms with E-state index in [1.165, 1.54) is 5.57 Å². The number of aliphatic hydroxyl groups is 1. The van der Waals surface area contributed by atoms with Crippen LogP contribution in [0.4, 0.5) is 0 Å². The van der Waals surface area contributed by atoms with Crippen LogP contribution in [0.1, 0.15) is 0 Å². The normalized spacial score (nSPS) is 51.9. The second kappa shape index (κ2) is 1.68. The second-order valence-electron chi connectivity index (χ2n) is 3.40. The highest BCUT2D eigenvalue weighted by Gasteiger charge is 2.73. The molecule has 3 aliphatic rings. The largest absolute Gasteiger partial charge is 0.394 e. The van der Waals surface area contributed by atoms with Crippen molar-refractivity contribution in [3.05, 3.63) is 11.6 Å². The van der Waals surface area contributed by atoms with Gasteiger partial charge in [0, 0.05) is 0 Å². The van der Waals surface area contributed by atoms with Gasteiger partial charge in [0.05, 0.1) is 37.4 Å². The molecule has 1 N–H and O–H groups in total. The van der Waals surface area contributed by atoms with Gasteiger partial charge in [0.25, 0.3) is 0 Å². The van der Waals surface area contributed by atoms with Crippen molar-refractivity contribution in [3.63, 3.8) is 0 Å². The van der Waals surface area contributed by atoms with Crippen LogP contribution in [-0.4, -0.2) is 37.1 Å². The zero-order valence-corrected chi connectivity index (χ0v) is 6.12. The molecule has 1 aliphatic carbocycles. The Morgan fingerprint density at radius 2 is 2.55 bits per heavy atom. The molecule has 11 heavy (non-hydrogen) atoms. The topological polar surface area (TPSA) is 38.7 Å². The summed E-state index contributed by atoms with van der Waals surface area (Å²) in [5.41, 5.74) is 1.48. The lowest BCUT2D eigenvalue weighted by Gasteiger charge is -2.32. The molecule has 0 aromatic rings. The van der Waals surface area contributed by atoms with Crippen LogP contribution in [0.25, 0.3) is 0 Å². The molecule has 3 rings (SSSR count). The molecule has 2 heterocycles. The van der Waals surface area contributed by atoms with Crippen molar-refractivity contribution in [3.8, 4) is 0 Å². The van der Waals surface area contributed by atoms with E-state index in [-0.39, 0.29) is 18.1 Å². The monoisotopic (exact) mass is 154 g/mol. The Kier molecular flexibility index (Phi) is 0.943. The summed E-state index contributed by atoms with van der Waals surface area (Å²) in [6.07, 6.45) is 2.38. The van der Waals surface area contributed by atoms with Crippen molar-refractivity contribution < 1.29 is 14.6 Å². The van der Waals surface area contributed by atoms with Gasteiger partial charge in [-0.25, -0.2) is 0 Å². The molecular weight excluding hydrogens is 144 g/mol. The fourth-order valence-electron chi connectivity index (χ4n) is 2.27. The van der Waals surface area contributed by atoms with Crippen LogP contribution in [0.3, 0.4) is 0 Å². The van der Waals surface area contributed by atoms with Crippen LogP contribution in [0.2, 0.25) is 0 Å². The summed E-state index contributed by atoms with van der Waals surface area (Å²) in [4.78, 5) is 0. The van der Waals surface area contributed by atoms with Gasteiger partial charge in [-0.3, -0.25) is 0 Å². The lowest BCUT2D eigenvalue weighted by Crippen LogP contribution is -2.43. The molecule has 2 aliphatic heterocycles. The predicted octanol–water partition coefficient (Wildman–Crippen LogP) is -0.297. The Hall–Kier alpha value is -0.380. The minimum Gasteiger partial charge on any atom is -0.394 e. The lowest BCUT2D eigenvalue weighted by atomic mass is 9.95. The number of fused-ring (bicyclic) bond motifs is 1. The smallest absolute Gasteiger partial charge is 0.0954 e. The highest BCUT2D eigenvalue weighted by molar-refractivity contribution is 5.49. The zero-order chi connectivity index (χ0) is 7.47. The maximum absolute atomic E-state index is 9.00. The average Bonchev–Trinajstić information content (AvgIpc) is 2.48. The lowest BCUT2D eigenvalue weighted by molar-refractivity contribution is -0.127. The number of hydrogen-bond acceptors (Lipinski definition) is 3. The fourth-order valence-corrected chi connectivity index (χ4v) is 2.27. The van der Waals surface area contributed by atoms with E-state index in [0.29, 0.717) is 12.7 Å². The van der Waals surface area contributed by atoms with E-state index in [9.17, 15) is 0 Å². The van der Waals surface area contributed by atoms with Gasteiger partial charge in [-0.1, -0.05) is 6.08 Å². The minimum absolute atomic E-state index is 0.00116. The van der Waals surface area contributed by atoms with Crippen molar-refractivity contribution >= 4 is 0 Å². The van der Waals surface area contributed by atoms with Crippen molar-refractivity contribution in [1.29, 1.82) is 0 Å². The molecule has 2 unspecified atom stereocenters. The first kappa shape index (κ1) is 6.17. The molecule has 1 spiro atoms. The summed E-state index contributed by atoms with van der Waals surface area (Å²) in [5.74, 6) is 0.